The third-order valence-corrected chi connectivity index (χ3v) is 5.90. The van der Waals surface area contributed by atoms with E-state index in [0.717, 1.165) is 16.2 Å². The fraction of sp³-hybridized carbons (Fsp3) is 0.400. The Kier molecular flexibility index (Phi) is 9.36. The Hall–Kier alpha value is -2.35. The molecular weight excluding hydrogens is 474 g/mol. The molecule has 0 radical (unpaired) electrons. The van der Waals surface area contributed by atoms with Crippen molar-refractivity contribution < 1.29 is 23.9 Å². The van der Waals surface area contributed by atoms with Gasteiger partial charge in [0.15, 0.2) is 0 Å². The summed E-state index contributed by atoms with van der Waals surface area (Å²) in [5.74, 6) is -3.54. The summed E-state index contributed by atoms with van der Waals surface area (Å²) >= 11 is 4.42. The Morgan fingerprint density at radius 3 is 2.77 bits per heavy atom. The summed E-state index contributed by atoms with van der Waals surface area (Å²) in [5, 5.41) is 15.4. The van der Waals surface area contributed by atoms with Gasteiger partial charge in [0.2, 0.25) is 11.8 Å². The average Bonchev–Trinajstić information content (AvgIpc) is 2.74. The van der Waals surface area contributed by atoms with Crippen LogP contribution < -0.4 is 10.6 Å². The predicted octanol–water partition coefficient (Wildman–Crippen LogP) is 2.07. The summed E-state index contributed by atoms with van der Waals surface area (Å²) in [4.78, 5) is 37.1. The van der Waals surface area contributed by atoms with Crippen molar-refractivity contribution in [3.8, 4) is 6.07 Å². The maximum absolute atomic E-state index is 12.7. The van der Waals surface area contributed by atoms with Gasteiger partial charge < -0.3 is 20.1 Å². The highest BCUT2D eigenvalue weighted by Crippen LogP contribution is 2.40. The summed E-state index contributed by atoms with van der Waals surface area (Å²) in [6.07, 6.45) is 0.682. The second-order valence-electron chi connectivity index (χ2n) is 6.36. The number of halogens is 1. The monoisotopic (exact) mass is 495 g/mol. The molecule has 0 fully saturated rings. The van der Waals surface area contributed by atoms with Gasteiger partial charge in [-0.25, -0.2) is 0 Å². The minimum atomic E-state index is -1.20. The molecule has 1 aromatic rings. The highest BCUT2D eigenvalue weighted by atomic mass is 79.9. The highest BCUT2D eigenvalue weighted by Gasteiger charge is 2.44. The molecule has 2 N–H and O–H groups in total. The van der Waals surface area contributed by atoms with Crippen LogP contribution in [0, 0.1) is 17.2 Å². The van der Waals surface area contributed by atoms with Gasteiger partial charge in [-0.3, -0.25) is 14.4 Å². The van der Waals surface area contributed by atoms with Crippen molar-refractivity contribution in [3.05, 3.63) is 44.9 Å². The second-order valence-corrected chi connectivity index (χ2v) is 8.26. The molecule has 1 aromatic carbocycles. The van der Waals surface area contributed by atoms with E-state index in [0.29, 0.717) is 25.1 Å². The Bertz CT molecular complexity index is 883. The molecule has 1 heterocycles. The number of esters is 1. The van der Waals surface area contributed by atoms with Crippen molar-refractivity contribution >= 4 is 45.5 Å². The van der Waals surface area contributed by atoms with Crippen LogP contribution in [0.1, 0.15) is 17.9 Å². The topological polar surface area (TPSA) is 118 Å². The highest BCUT2D eigenvalue weighted by molar-refractivity contribution is 9.10. The molecule has 0 bridgehead atoms. The molecule has 160 valence electrons. The van der Waals surface area contributed by atoms with Crippen molar-refractivity contribution in [2.45, 2.75) is 12.3 Å². The number of nitriles is 1. The fourth-order valence-electron chi connectivity index (χ4n) is 3.01. The first-order chi connectivity index (χ1) is 14.4. The molecule has 2 amide bonds. The number of ether oxygens (including phenoxy) is 2. The minimum absolute atomic E-state index is 0.0157. The molecule has 0 saturated carbocycles. The molecule has 0 saturated heterocycles. The molecule has 2 atom stereocenters. The molecule has 0 aromatic heterocycles. The van der Waals surface area contributed by atoms with Gasteiger partial charge in [0, 0.05) is 30.7 Å². The van der Waals surface area contributed by atoms with Crippen LogP contribution in [0.2, 0.25) is 0 Å². The van der Waals surface area contributed by atoms with Crippen molar-refractivity contribution in [2.24, 2.45) is 5.92 Å². The third kappa shape index (κ3) is 6.08. The van der Waals surface area contributed by atoms with Gasteiger partial charge in [0.1, 0.15) is 5.92 Å². The number of hydrogen-bond donors (Lipinski definition) is 2. The van der Waals surface area contributed by atoms with Crippen LogP contribution in [0.15, 0.2) is 39.3 Å². The van der Waals surface area contributed by atoms with E-state index >= 15 is 0 Å². The SMILES string of the molecule is COCCCNC(=O)CSC1=C(C#N)[C@H](c2cccc(Br)c2)[C@@H](C(=O)OC)C(=O)N1. The smallest absolute Gasteiger partial charge is 0.319 e. The van der Waals surface area contributed by atoms with E-state index in [9.17, 15) is 19.6 Å². The average molecular weight is 496 g/mol. The lowest BCUT2D eigenvalue weighted by Gasteiger charge is -2.31. The fourth-order valence-corrected chi connectivity index (χ4v) is 4.31. The molecule has 8 nitrogen and oxygen atoms in total. The second kappa shape index (κ2) is 11.7. The number of amides is 2. The Labute approximate surface area is 187 Å². The van der Waals surface area contributed by atoms with Crippen molar-refractivity contribution in [2.75, 3.05) is 33.1 Å². The maximum Gasteiger partial charge on any atom is 0.319 e. The molecule has 1 aliphatic heterocycles. The largest absolute Gasteiger partial charge is 0.468 e. The standard InChI is InChI=1S/C20H22BrN3O5S/c1-28-8-4-7-23-15(25)11-30-19-14(10-22)16(12-5-3-6-13(21)9-12)17(18(26)24-19)20(27)29-2/h3,5-6,9,16-17H,4,7-8,11H2,1-2H3,(H,23,25)(H,24,26)/t16-,17+/m0/s1. The summed E-state index contributed by atoms with van der Waals surface area (Å²) in [5.41, 5.74) is 0.827. The first-order valence-electron chi connectivity index (χ1n) is 9.09. The molecule has 0 unspecified atom stereocenters. The Morgan fingerprint density at radius 2 is 2.13 bits per heavy atom. The van der Waals surface area contributed by atoms with E-state index < -0.39 is 23.7 Å². The van der Waals surface area contributed by atoms with Crippen molar-refractivity contribution in [1.29, 1.82) is 5.26 Å². The summed E-state index contributed by atoms with van der Waals surface area (Å²) < 4.78 is 10.5. The van der Waals surface area contributed by atoms with Crippen LogP contribution in [0.25, 0.3) is 0 Å². The van der Waals surface area contributed by atoms with Gasteiger partial charge in [-0.1, -0.05) is 39.8 Å². The number of methoxy groups -OCH3 is 2. The third-order valence-electron chi connectivity index (χ3n) is 4.39. The maximum atomic E-state index is 12.7. The van der Waals surface area contributed by atoms with Crippen LogP contribution in [-0.4, -0.2) is 50.9 Å². The van der Waals surface area contributed by atoms with Gasteiger partial charge in [-0.15, -0.1) is 0 Å². The van der Waals surface area contributed by atoms with E-state index in [2.05, 4.69) is 32.6 Å². The Balaban J connectivity index is 2.30. The van der Waals surface area contributed by atoms with Gasteiger partial charge in [0.25, 0.3) is 0 Å². The number of nitrogens with one attached hydrogen (secondary N) is 2. The van der Waals surface area contributed by atoms with Gasteiger partial charge in [-0.2, -0.15) is 5.26 Å². The summed E-state index contributed by atoms with van der Waals surface area (Å²) in [6.45, 7) is 1.01. The van der Waals surface area contributed by atoms with E-state index in [4.69, 9.17) is 9.47 Å². The zero-order valence-electron chi connectivity index (χ0n) is 16.6. The first-order valence-corrected chi connectivity index (χ1v) is 10.9. The van der Waals surface area contributed by atoms with Crippen LogP contribution in [0.5, 0.6) is 0 Å². The molecular formula is C20H22BrN3O5S. The molecule has 1 aliphatic rings. The zero-order chi connectivity index (χ0) is 22.1. The van der Waals surface area contributed by atoms with E-state index in [1.165, 1.54) is 7.11 Å². The van der Waals surface area contributed by atoms with Crippen LogP contribution in [0.3, 0.4) is 0 Å². The number of hydrogen-bond acceptors (Lipinski definition) is 7. The molecule has 2 rings (SSSR count). The molecule has 0 spiro atoms. The van der Waals surface area contributed by atoms with Crippen LogP contribution >= 0.6 is 27.7 Å². The number of benzene rings is 1. The molecule has 10 heteroatoms. The van der Waals surface area contributed by atoms with Gasteiger partial charge in [-0.05, 0) is 24.1 Å². The first kappa shape index (κ1) is 23.9. The van der Waals surface area contributed by atoms with Gasteiger partial charge in [0.05, 0.1) is 29.5 Å². The lowest BCUT2D eigenvalue weighted by atomic mass is 9.78. The number of nitrogens with zero attached hydrogens (tertiary/aromatic N) is 1. The van der Waals surface area contributed by atoms with Gasteiger partial charge >= 0.3 is 5.97 Å². The lowest BCUT2D eigenvalue weighted by Crippen LogP contribution is -2.44. The van der Waals surface area contributed by atoms with E-state index in [1.54, 1.807) is 31.4 Å². The zero-order valence-corrected chi connectivity index (χ0v) is 19.0. The quantitative estimate of drug-likeness (QED) is 0.305. The van der Waals surface area contributed by atoms with Crippen molar-refractivity contribution in [1.82, 2.24) is 10.6 Å². The number of carbonyl (C=O) groups is 3. The van der Waals surface area contributed by atoms with E-state index in [-0.39, 0.29) is 22.3 Å². The summed E-state index contributed by atoms with van der Waals surface area (Å²) in [6, 6.07) is 9.17. The summed E-state index contributed by atoms with van der Waals surface area (Å²) in [7, 11) is 2.78. The molecule has 30 heavy (non-hydrogen) atoms. The number of carbonyl (C=O) groups excluding carboxylic acids is 3. The van der Waals surface area contributed by atoms with Crippen LogP contribution in [-0.2, 0) is 23.9 Å². The Morgan fingerprint density at radius 1 is 1.37 bits per heavy atom. The van der Waals surface area contributed by atoms with E-state index in [1.807, 2.05) is 0 Å². The van der Waals surface area contributed by atoms with Crippen molar-refractivity contribution in [3.63, 3.8) is 0 Å². The van der Waals surface area contributed by atoms with Crippen LogP contribution in [0.4, 0.5) is 0 Å². The molecule has 0 aliphatic carbocycles. The number of allylic oxidation sites excluding steroid dienone is 1. The predicted molar refractivity (Wildman–Crippen MR) is 115 cm³/mol. The minimum Gasteiger partial charge on any atom is -0.468 e. The number of thioether (sulfide) groups is 1. The lowest BCUT2D eigenvalue weighted by molar-refractivity contribution is -0.150. The number of rotatable bonds is 9. The normalized spacial score (nSPS) is 18.4.